The highest BCUT2D eigenvalue weighted by atomic mass is 35.5. The zero-order chi connectivity index (χ0) is 18.5. The summed E-state index contributed by atoms with van der Waals surface area (Å²) in [5.41, 5.74) is 2.52. The number of carbonyl (C=O) groups excluding carboxylic acids is 1. The molecule has 2 aliphatic rings. The molecule has 136 valence electrons. The molecule has 1 aliphatic carbocycles. The van der Waals surface area contributed by atoms with Gasteiger partial charge in [-0.05, 0) is 35.6 Å². The summed E-state index contributed by atoms with van der Waals surface area (Å²) in [6.45, 7) is 0. The lowest BCUT2D eigenvalue weighted by atomic mass is 9.80. The number of fused-ring (bicyclic) bond motifs is 1. The van der Waals surface area contributed by atoms with Crippen LogP contribution in [0.2, 0.25) is 10.0 Å². The average molecular weight is 417 g/mol. The summed E-state index contributed by atoms with van der Waals surface area (Å²) in [6.07, 6.45) is 2.75. The molecule has 1 aromatic carbocycles. The summed E-state index contributed by atoms with van der Waals surface area (Å²) in [6, 6.07) is 9.20. The van der Waals surface area contributed by atoms with Gasteiger partial charge in [0.15, 0.2) is 5.78 Å². The number of carbonyl (C=O) groups is 1. The number of benzene rings is 1. The molecule has 5 rings (SSSR count). The Bertz CT molecular complexity index is 1070. The smallest absolute Gasteiger partial charge is 0.226 e. The second kappa shape index (κ2) is 6.48. The number of hydrogen-bond acceptors (Lipinski definition) is 5. The van der Waals surface area contributed by atoms with Crippen LogP contribution in [0.3, 0.4) is 0 Å². The molecule has 0 saturated carbocycles. The first-order chi connectivity index (χ1) is 13.1. The van der Waals surface area contributed by atoms with Gasteiger partial charge in [0.25, 0.3) is 0 Å². The molecule has 1 N–H and O–H groups in total. The van der Waals surface area contributed by atoms with Crippen LogP contribution in [0.15, 0.2) is 53.3 Å². The van der Waals surface area contributed by atoms with Crippen molar-refractivity contribution in [1.82, 2.24) is 14.8 Å². The third-order valence-corrected chi connectivity index (χ3v) is 6.84. The molecule has 1 aliphatic heterocycles. The Morgan fingerprint density at radius 3 is 2.85 bits per heavy atom. The van der Waals surface area contributed by atoms with Gasteiger partial charge in [0, 0.05) is 28.5 Å². The number of nitrogens with zero attached hydrogens (tertiary/aromatic N) is 3. The average Bonchev–Trinajstić information content (AvgIpc) is 3.33. The number of allylic oxidation sites excluding steroid dienone is 2. The topological polar surface area (TPSA) is 59.8 Å². The molecule has 2 atom stereocenters. The van der Waals surface area contributed by atoms with Crippen LogP contribution in [0.1, 0.15) is 35.2 Å². The fourth-order valence-corrected chi connectivity index (χ4v) is 5.00. The lowest BCUT2D eigenvalue weighted by Gasteiger charge is -2.34. The van der Waals surface area contributed by atoms with E-state index in [2.05, 4.69) is 21.5 Å². The zero-order valence-corrected chi connectivity index (χ0v) is 16.4. The van der Waals surface area contributed by atoms with E-state index in [1.807, 2.05) is 17.5 Å². The Morgan fingerprint density at radius 2 is 2.07 bits per heavy atom. The van der Waals surface area contributed by atoms with E-state index >= 15 is 0 Å². The van der Waals surface area contributed by atoms with Crippen molar-refractivity contribution in [3.8, 4) is 0 Å². The van der Waals surface area contributed by atoms with Gasteiger partial charge in [0.05, 0.1) is 10.0 Å². The van der Waals surface area contributed by atoms with E-state index in [9.17, 15) is 4.79 Å². The monoisotopic (exact) mass is 416 g/mol. The molecular weight excluding hydrogens is 403 g/mol. The predicted molar refractivity (Wildman–Crippen MR) is 107 cm³/mol. The van der Waals surface area contributed by atoms with Crippen LogP contribution in [-0.4, -0.2) is 20.5 Å². The second-order valence-corrected chi connectivity index (χ2v) is 8.46. The minimum Gasteiger partial charge on any atom is -0.328 e. The van der Waals surface area contributed by atoms with E-state index in [0.717, 1.165) is 23.3 Å². The van der Waals surface area contributed by atoms with Crippen LogP contribution in [0.4, 0.5) is 5.95 Å². The van der Waals surface area contributed by atoms with Crippen molar-refractivity contribution in [3.63, 3.8) is 0 Å². The van der Waals surface area contributed by atoms with Gasteiger partial charge in [-0.3, -0.25) is 4.79 Å². The van der Waals surface area contributed by atoms with E-state index in [4.69, 9.17) is 23.2 Å². The van der Waals surface area contributed by atoms with Crippen molar-refractivity contribution in [3.05, 3.63) is 73.8 Å². The maximum atomic E-state index is 13.2. The van der Waals surface area contributed by atoms with Crippen molar-refractivity contribution in [2.75, 3.05) is 5.32 Å². The standard InChI is InChI=1S/C19H14Cl2N4OS/c20-12-4-3-10(6-13(12)21)18-17-14(24-19-22-9-23-25(18)19)7-11(8-15(17)26)16-2-1-5-27-16/h1-6,9,11,18H,7-8H2,(H,22,23,24)/t11-,18-/m0/s1. The number of rotatable bonds is 2. The van der Waals surface area contributed by atoms with E-state index in [0.29, 0.717) is 22.4 Å². The fraction of sp³-hybridized carbons (Fsp3) is 0.211. The lowest BCUT2D eigenvalue weighted by molar-refractivity contribution is -0.116. The highest BCUT2D eigenvalue weighted by molar-refractivity contribution is 7.10. The molecule has 2 aromatic heterocycles. The molecule has 0 spiro atoms. The SMILES string of the molecule is O=C1C[C@@H](c2cccs2)CC2=C1[C@H](c1ccc(Cl)c(Cl)c1)n1ncnc1N2. The molecule has 0 unspecified atom stereocenters. The fourth-order valence-electron chi connectivity index (χ4n) is 3.87. The van der Waals surface area contributed by atoms with Gasteiger partial charge in [0.2, 0.25) is 5.95 Å². The van der Waals surface area contributed by atoms with Crippen LogP contribution in [-0.2, 0) is 4.79 Å². The molecule has 27 heavy (non-hydrogen) atoms. The quantitative estimate of drug-likeness (QED) is 0.633. The zero-order valence-electron chi connectivity index (χ0n) is 14.0. The highest BCUT2D eigenvalue weighted by Crippen LogP contribution is 2.45. The van der Waals surface area contributed by atoms with Gasteiger partial charge in [-0.2, -0.15) is 10.1 Å². The van der Waals surface area contributed by atoms with E-state index in [1.54, 1.807) is 28.2 Å². The summed E-state index contributed by atoms with van der Waals surface area (Å²) in [4.78, 5) is 18.7. The highest BCUT2D eigenvalue weighted by Gasteiger charge is 2.39. The van der Waals surface area contributed by atoms with Gasteiger partial charge >= 0.3 is 0 Å². The maximum Gasteiger partial charge on any atom is 0.226 e. The Hall–Kier alpha value is -2.15. The van der Waals surface area contributed by atoms with Gasteiger partial charge in [-0.25, -0.2) is 4.68 Å². The lowest BCUT2D eigenvalue weighted by Crippen LogP contribution is -2.33. The van der Waals surface area contributed by atoms with Crippen LogP contribution < -0.4 is 5.32 Å². The minimum atomic E-state index is -0.356. The number of hydrogen-bond donors (Lipinski definition) is 1. The van der Waals surface area contributed by atoms with Gasteiger partial charge in [-0.1, -0.05) is 35.3 Å². The first kappa shape index (κ1) is 17.0. The molecule has 0 bridgehead atoms. The second-order valence-electron chi connectivity index (χ2n) is 6.67. The number of ketones is 1. The van der Waals surface area contributed by atoms with Crippen LogP contribution in [0, 0.1) is 0 Å². The molecule has 3 aromatic rings. The summed E-state index contributed by atoms with van der Waals surface area (Å²) in [5, 5.41) is 10.6. The summed E-state index contributed by atoms with van der Waals surface area (Å²) in [5.74, 6) is 0.941. The first-order valence-electron chi connectivity index (χ1n) is 8.53. The van der Waals surface area contributed by atoms with Crippen molar-refractivity contribution in [2.45, 2.75) is 24.8 Å². The minimum absolute atomic E-state index is 0.124. The van der Waals surface area contributed by atoms with Crippen molar-refractivity contribution < 1.29 is 4.79 Å². The van der Waals surface area contributed by atoms with Crippen LogP contribution in [0.5, 0.6) is 0 Å². The van der Waals surface area contributed by atoms with Gasteiger partial charge in [-0.15, -0.1) is 11.3 Å². The van der Waals surface area contributed by atoms with Gasteiger partial charge < -0.3 is 5.32 Å². The number of nitrogens with one attached hydrogen (secondary N) is 1. The Kier molecular flexibility index (Phi) is 4.07. The summed E-state index contributed by atoms with van der Waals surface area (Å²) >= 11 is 14.0. The first-order valence-corrected chi connectivity index (χ1v) is 10.2. The van der Waals surface area contributed by atoms with Crippen molar-refractivity contribution >= 4 is 46.3 Å². The van der Waals surface area contributed by atoms with Crippen molar-refractivity contribution in [1.29, 1.82) is 0 Å². The molecule has 3 heterocycles. The van der Waals surface area contributed by atoms with Crippen LogP contribution >= 0.6 is 34.5 Å². The third-order valence-electron chi connectivity index (χ3n) is 5.07. The normalized spacial score (nSPS) is 21.6. The predicted octanol–water partition coefficient (Wildman–Crippen LogP) is 5.06. The maximum absolute atomic E-state index is 13.2. The summed E-state index contributed by atoms with van der Waals surface area (Å²) in [7, 11) is 0. The van der Waals surface area contributed by atoms with Crippen molar-refractivity contribution in [2.24, 2.45) is 0 Å². The molecular formula is C19H14Cl2N4OS. The van der Waals surface area contributed by atoms with E-state index in [1.165, 1.54) is 11.2 Å². The largest absolute Gasteiger partial charge is 0.328 e. The Morgan fingerprint density at radius 1 is 1.19 bits per heavy atom. The van der Waals surface area contributed by atoms with Gasteiger partial charge in [0.1, 0.15) is 12.4 Å². The number of halogens is 2. The summed E-state index contributed by atoms with van der Waals surface area (Å²) < 4.78 is 1.74. The Labute approximate surface area is 169 Å². The molecule has 0 saturated heterocycles. The van der Waals surface area contributed by atoms with E-state index < -0.39 is 0 Å². The molecule has 0 fully saturated rings. The third kappa shape index (κ3) is 2.79. The number of anilines is 1. The number of Topliss-reactive ketones (excluding diaryl/α,β-unsaturated/α-hetero) is 1. The molecule has 5 nitrogen and oxygen atoms in total. The number of aromatic nitrogens is 3. The molecule has 8 heteroatoms. The molecule has 0 radical (unpaired) electrons. The Balaban J connectivity index is 1.63. The van der Waals surface area contributed by atoms with E-state index in [-0.39, 0.29) is 17.7 Å². The number of thiophene rings is 1. The molecule has 0 amide bonds. The van der Waals surface area contributed by atoms with Crippen LogP contribution in [0.25, 0.3) is 0 Å².